The molecule has 2 fully saturated rings. The summed E-state index contributed by atoms with van der Waals surface area (Å²) in [5, 5.41) is 13.2. The summed E-state index contributed by atoms with van der Waals surface area (Å²) >= 11 is 6.03. The Morgan fingerprint density at radius 2 is 1.86 bits per heavy atom. The Hall–Kier alpha value is -1.91. The summed E-state index contributed by atoms with van der Waals surface area (Å²) in [5.41, 5.74) is 5.32. The number of anilines is 1. The van der Waals surface area contributed by atoms with Crippen molar-refractivity contribution in [1.29, 1.82) is 0 Å². The number of fused-ring (bicyclic) bond motifs is 1. The Kier molecular flexibility index (Phi) is 6.51. The van der Waals surface area contributed by atoms with Gasteiger partial charge in [0.1, 0.15) is 0 Å². The van der Waals surface area contributed by atoms with Gasteiger partial charge in [0.2, 0.25) is 0 Å². The zero-order chi connectivity index (χ0) is 20.2. The fraction of sp³-hybridized carbons (Fsp3) is 0.500. The minimum atomic E-state index is 0.674. The van der Waals surface area contributed by atoms with Crippen molar-refractivity contribution in [3.8, 4) is 0 Å². The van der Waals surface area contributed by atoms with Crippen LogP contribution in [0.5, 0.6) is 0 Å². The van der Waals surface area contributed by atoms with Crippen molar-refractivity contribution in [2.24, 2.45) is 16.1 Å². The van der Waals surface area contributed by atoms with E-state index in [1.807, 2.05) is 24.3 Å². The molecule has 2 saturated heterocycles. The second kappa shape index (κ2) is 9.27. The smallest absolute Gasteiger partial charge is 0.0890 e. The van der Waals surface area contributed by atoms with E-state index in [0.29, 0.717) is 5.02 Å². The molecule has 29 heavy (non-hydrogen) atoms. The quantitative estimate of drug-likeness (QED) is 0.536. The van der Waals surface area contributed by atoms with Crippen molar-refractivity contribution in [3.05, 3.63) is 52.5 Å². The van der Waals surface area contributed by atoms with Crippen LogP contribution in [0.1, 0.15) is 43.2 Å². The van der Waals surface area contributed by atoms with E-state index in [4.69, 9.17) is 11.6 Å². The van der Waals surface area contributed by atoms with Gasteiger partial charge in [0, 0.05) is 23.3 Å². The molecule has 2 atom stereocenters. The first kappa shape index (κ1) is 20.4. The molecule has 2 aromatic rings. The van der Waals surface area contributed by atoms with Crippen LogP contribution in [0.4, 0.5) is 17.1 Å². The van der Waals surface area contributed by atoms with Crippen LogP contribution in [-0.4, -0.2) is 30.6 Å². The molecule has 0 amide bonds. The molecule has 2 heterocycles. The van der Waals surface area contributed by atoms with Gasteiger partial charge in [-0.2, -0.15) is 10.2 Å². The predicted molar refractivity (Wildman–Crippen MR) is 122 cm³/mol. The molecule has 4 rings (SSSR count). The molecular formula is C24H31ClN4. The van der Waals surface area contributed by atoms with Gasteiger partial charge in [-0.05, 0) is 100.0 Å². The molecule has 0 aromatic heterocycles. The van der Waals surface area contributed by atoms with Crippen molar-refractivity contribution < 1.29 is 0 Å². The number of hydrogen-bond acceptors (Lipinski definition) is 4. The Balaban J connectivity index is 1.43. The topological polar surface area (TPSA) is 40.0 Å². The highest BCUT2D eigenvalue weighted by Gasteiger charge is 2.32. The van der Waals surface area contributed by atoms with Crippen molar-refractivity contribution in [1.82, 2.24) is 4.90 Å². The first-order valence-electron chi connectivity index (χ1n) is 10.9. The van der Waals surface area contributed by atoms with Crippen LogP contribution in [0, 0.1) is 19.8 Å². The van der Waals surface area contributed by atoms with Gasteiger partial charge in [-0.25, -0.2) is 0 Å². The van der Waals surface area contributed by atoms with Crippen molar-refractivity contribution in [3.63, 3.8) is 0 Å². The minimum Gasteiger partial charge on any atom is -0.384 e. The summed E-state index contributed by atoms with van der Waals surface area (Å²) < 4.78 is 0. The van der Waals surface area contributed by atoms with E-state index in [1.54, 1.807) is 0 Å². The molecule has 2 aromatic carbocycles. The highest BCUT2D eigenvalue weighted by molar-refractivity contribution is 6.30. The Labute approximate surface area is 179 Å². The third-order valence-corrected chi connectivity index (χ3v) is 6.86. The van der Waals surface area contributed by atoms with E-state index in [0.717, 1.165) is 29.9 Å². The summed E-state index contributed by atoms with van der Waals surface area (Å²) in [6.45, 7) is 7.95. The second-order valence-electron chi connectivity index (χ2n) is 8.44. The maximum atomic E-state index is 6.03. The minimum absolute atomic E-state index is 0.674. The van der Waals surface area contributed by atoms with Crippen molar-refractivity contribution in [2.45, 2.75) is 52.0 Å². The van der Waals surface area contributed by atoms with Crippen molar-refractivity contribution in [2.75, 3.05) is 25.0 Å². The zero-order valence-corrected chi connectivity index (χ0v) is 18.3. The van der Waals surface area contributed by atoms with E-state index in [2.05, 4.69) is 46.4 Å². The number of benzene rings is 2. The lowest BCUT2D eigenvalue weighted by atomic mass is 9.83. The summed E-state index contributed by atoms with van der Waals surface area (Å²) in [4.78, 5) is 2.73. The first-order chi connectivity index (χ1) is 14.1. The average Bonchev–Trinajstić information content (AvgIpc) is 2.74. The maximum absolute atomic E-state index is 6.03. The first-order valence-corrected chi connectivity index (χ1v) is 11.2. The Bertz CT molecular complexity index is 877. The van der Waals surface area contributed by atoms with Crippen LogP contribution in [0.15, 0.2) is 46.6 Å². The van der Waals surface area contributed by atoms with Gasteiger partial charge in [0.15, 0.2) is 0 Å². The molecule has 154 valence electrons. The van der Waals surface area contributed by atoms with Crippen LogP contribution in [-0.2, 0) is 0 Å². The lowest BCUT2D eigenvalue weighted by Crippen LogP contribution is -2.49. The Morgan fingerprint density at radius 1 is 1.00 bits per heavy atom. The third-order valence-electron chi connectivity index (χ3n) is 6.62. The lowest BCUT2D eigenvalue weighted by molar-refractivity contribution is 0.0649. The van der Waals surface area contributed by atoms with E-state index in [9.17, 15) is 0 Å². The molecule has 0 radical (unpaired) electrons. The fourth-order valence-electron chi connectivity index (χ4n) is 4.81. The van der Waals surface area contributed by atoms with Gasteiger partial charge < -0.3 is 10.2 Å². The monoisotopic (exact) mass is 410 g/mol. The van der Waals surface area contributed by atoms with Gasteiger partial charge in [0.05, 0.1) is 11.4 Å². The van der Waals surface area contributed by atoms with Crippen LogP contribution in [0.3, 0.4) is 0 Å². The molecule has 0 saturated carbocycles. The Morgan fingerprint density at radius 3 is 2.72 bits per heavy atom. The average molecular weight is 411 g/mol. The predicted octanol–water partition coefficient (Wildman–Crippen LogP) is 7.05. The van der Waals surface area contributed by atoms with Crippen molar-refractivity contribution >= 4 is 28.7 Å². The maximum Gasteiger partial charge on any atom is 0.0890 e. The van der Waals surface area contributed by atoms with Crippen LogP contribution < -0.4 is 5.32 Å². The highest BCUT2D eigenvalue weighted by Crippen LogP contribution is 2.33. The number of azo groups is 1. The van der Waals surface area contributed by atoms with Gasteiger partial charge in [-0.15, -0.1) is 0 Å². The zero-order valence-electron chi connectivity index (χ0n) is 17.5. The number of halogens is 1. The van der Waals surface area contributed by atoms with E-state index < -0.39 is 0 Å². The van der Waals surface area contributed by atoms with Crippen LogP contribution in [0.25, 0.3) is 0 Å². The molecule has 2 aliphatic rings. The van der Waals surface area contributed by atoms with Gasteiger partial charge >= 0.3 is 0 Å². The molecule has 0 aliphatic carbocycles. The third kappa shape index (κ3) is 4.81. The molecule has 0 bridgehead atoms. The SMILES string of the molecule is Cc1c(N=Nc2cccc(Cl)c2)ccc(NC[C@H]2CCCN3CCCC[C@@H]23)c1C. The summed E-state index contributed by atoms with van der Waals surface area (Å²) in [6, 6.07) is 12.4. The van der Waals surface area contributed by atoms with E-state index in [1.165, 1.54) is 62.0 Å². The van der Waals surface area contributed by atoms with Gasteiger partial charge in [-0.1, -0.05) is 24.1 Å². The van der Waals surface area contributed by atoms with E-state index in [-0.39, 0.29) is 0 Å². The lowest BCUT2D eigenvalue weighted by Gasteiger charge is -2.44. The molecule has 0 spiro atoms. The summed E-state index contributed by atoms with van der Waals surface area (Å²) in [6.07, 6.45) is 6.82. The largest absolute Gasteiger partial charge is 0.384 e. The summed E-state index contributed by atoms with van der Waals surface area (Å²) in [7, 11) is 0. The van der Waals surface area contributed by atoms with Crippen LogP contribution in [0.2, 0.25) is 5.02 Å². The summed E-state index contributed by atoms with van der Waals surface area (Å²) in [5.74, 6) is 0.756. The molecule has 5 heteroatoms. The molecule has 2 aliphatic heterocycles. The van der Waals surface area contributed by atoms with Gasteiger partial charge in [0.25, 0.3) is 0 Å². The number of nitrogens with one attached hydrogen (secondary N) is 1. The molecule has 0 unspecified atom stereocenters. The second-order valence-corrected chi connectivity index (χ2v) is 8.88. The standard InChI is InChI=1S/C24H31ClN4/c1-17-18(2)23(28-27-21-9-5-8-20(25)15-21)12-11-22(17)26-16-19-7-6-14-29-13-4-3-10-24(19)29/h5,8-9,11-12,15,19,24,26H,3-4,6-7,10,13-14,16H2,1-2H3/t19-,24+/m1/s1. The fourth-order valence-corrected chi connectivity index (χ4v) is 5.00. The number of piperidine rings is 2. The highest BCUT2D eigenvalue weighted by atomic mass is 35.5. The molecule has 1 N–H and O–H groups in total. The number of rotatable bonds is 5. The molecular weight excluding hydrogens is 380 g/mol. The number of nitrogens with zero attached hydrogens (tertiary/aromatic N) is 3. The van der Waals surface area contributed by atoms with Gasteiger partial charge in [-0.3, -0.25) is 0 Å². The number of hydrogen-bond donors (Lipinski definition) is 1. The molecule has 4 nitrogen and oxygen atoms in total. The normalized spacial score (nSPS) is 22.6. The van der Waals surface area contributed by atoms with Crippen LogP contribution >= 0.6 is 11.6 Å². The van der Waals surface area contributed by atoms with E-state index >= 15 is 0 Å².